The summed E-state index contributed by atoms with van der Waals surface area (Å²) >= 11 is 0. The summed E-state index contributed by atoms with van der Waals surface area (Å²) in [5.41, 5.74) is 0.457. The third-order valence-corrected chi connectivity index (χ3v) is 2.96. The molecular weight excluding hydrogens is 279 g/mol. The van der Waals surface area contributed by atoms with Crippen molar-refractivity contribution in [3.63, 3.8) is 0 Å². The molecule has 0 aliphatic carbocycles. The summed E-state index contributed by atoms with van der Waals surface area (Å²) in [5, 5.41) is 0. The molecular formula is C14H10O5P+. The Morgan fingerprint density at radius 2 is 1.05 bits per heavy atom. The second-order valence-electron chi connectivity index (χ2n) is 3.71. The molecule has 0 fully saturated rings. The molecule has 2 aromatic rings. The number of carbonyl (C=O) groups is 2. The lowest BCUT2D eigenvalue weighted by Gasteiger charge is -1.94. The normalized spacial score (nSPS) is 9.60. The molecule has 20 heavy (non-hydrogen) atoms. The highest BCUT2D eigenvalue weighted by Gasteiger charge is 2.32. The molecule has 0 atom stereocenters. The van der Waals surface area contributed by atoms with E-state index in [4.69, 9.17) is 0 Å². The average molecular weight is 289 g/mol. The van der Waals surface area contributed by atoms with Gasteiger partial charge in [-0.3, -0.25) is 0 Å². The smallest absolute Gasteiger partial charge is 0.241 e. The van der Waals surface area contributed by atoms with Crippen molar-refractivity contribution in [2.75, 3.05) is 0 Å². The lowest BCUT2D eigenvalue weighted by molar-refractivity contribution is 0.0653. The van der Waals surface area contributed by atoms with Crippen LogP contribution in [0.5, 0.6) is 0 Å². The van der Waals surface area contributed by atoms with Gasteiger partial charge in [-0.2, -0.15) is 9.05 Å². The zero-order valence-corrected chi connectivity index (χ0v) is 11.2. The second-order valence-corrected chi connectivity index (χ2v) is 4.53. The first-order chi connectivity index (χ1) is 9.66. The Bertz CT molecular complexity index is 569. The van der Waals surface area contributed by atoms with Crippen LogP contribution in [0.2, 0.25) is 0 Å². The van der Waals surface area contributed by atoms with Gasteiger partial charge >= 0.3 is 20.2 Å². The molecule has 0 bridgehead atoms. The van der Waals surface area contributed by atoms with Gasteiger partial charge in [-0.1, -0.05) is 36.4 Å². The summed E-state index contributed by atoms with van der Waals surface area (Å²) in [4.78, 5) is 23.2. The molecule has 0 saturated carbocycles. The van der Waals surface area contributed by atoms with Crippen LogP contribution in [0.25, 0.3) is 0 Å². The molecule has 0 amide bonds. The van der Waals surface area contributed by atoms with Crippen molar-refractivity contribution in [3.8, 4) is 0 Å². The number of rotatable bonds is 4. The summed E-state index contributed by atoms with van der Waals surface area (Å²) in [6.07, 6.45) is 0. The largest absolute Gasteiger partial charge is 0.812 e. The fourth-order valence-electron chi connectivity index (χ4n) is 1.41. The fourth-order valence-corrected chi connectivity index (χ4v) is 1.93. The third kappa shape index (κ3) is 3.73. The maximum Gasteiger partial charge on any atom is 0.812 e. The molecule has 0 aromatic heterocycles. The number of carbonyl (C=O) groups excluding carboxylic acids is 2. The van der Waals surface area contributed by atoms with E-state index < -0.39 is 20.2 Å². The van der Waals surface area contributed by atoms with E-state index >= 15 is 0 Å². The minimum absolute atomic E-state index is 0.228. The summed E-state index contributed by atoms with van der Waals surface area (Å²) in [7, 11) is -2.86. The minimum Gasteiger partial charge on any atom is -0.241 e. The molecule has 2 rings (SSSR count). The Hall–Kier alpha value is -2.52. The SMILES string of the molecule is O=C(O[P+](=O)OC(=O)c1ccccc1)c1ccccc1. The van der Waals surface area contributed by atoms with Crippen molar-refractivity contribution >= 4 is 20.2 Å². The lowest BCUT2D eigenvalue weighted by Crippen LogP contribution is -2.04. The zero-order chi connectivity index (χ0) is 14.4. The summed E-state index contributed by atoms with van der Waals surface area (Å²) < 4.78 is 20.6. The third-order valence-electron chi connectivity index (χ3n) is 2.33. The molecule has 0 aliphatic heterocycles. The highest BCUT2D eigenvalue weighted by Crippen LogP contribution is 2.27. The first kappa shape index (κ1) is 13.9. The van der Waals surface area contributed by atoms with Crippen molar-refractivity contribution in [2.24, 2.45) is 0 Å². The molecule has 0 saturated heterocycles. The molecule has 2 aromatic carbocycles. The topological polar surface area (TPSA) is 69.7 Å². The van der Waals surface area contributed by atoms with Gasteiger partial charge in [-0.25, -0.2) is 9.59 Å². The first-order valence-electron chi connectivity index (χ1n) is 5.69. The predicted octanol–water partition coefficient (Wildman–Crippen LogP) is 3.36. The van der Waals surface area contributed by atoms with E-state index in [1.807, 2.05) is 0 Å². The van der Waals surface area contributed by atoms with E-state index in [1.165, 1.54) is 24.3 Å². The van der Waals surface area contributed by atoms with Gasteiger partial charge in [0.05, 0.1) is 11.1 Å². The van der Waals surface area contributed by atoms with E-state index in [0.717, 1.165) is 0 Å². The van der Waals surface area contributed by atoms with Crippen molar-refractivity contribution in [1.82, 2.24) is 0 Å². The van der Waals surface area contributed by atoms with Crippen LogP contribution >= 0.6 is 8.25 Å². The van der Waals surface area contributed by atoms with Gasteiger partial charge in [0.2, 0.25) is 0 Å². The van der Waals surface area contributed by atoms with Gasteiger partial charge in [-0.15, -0.1) is 0 Å². The van der Waals surface area contributed by atoms with Crippen molar-refractivity contribution in [1.29, 1.82) is 0 Å². The first-order valence-corrected chi connectivity index (χ1v) is 6.78. The van der Waals surface area contributed by atoms with Crippen LogP contribution in [-0.4, -0.2) is 11.9 Å². The number of benzene rings is 2. The highest BCUT2D eigenvalue weighted by atomic mass is 31.1. The summed E-state index contributed by atoms with van der Waals surface area (Å²) in [6.45, 7) is 0. The molecule has 0 N–H and O–H groups in total. The van der Waals surface area contributed by atoms with Crippen LogP contribution in [0.4, 0.5) is 0 Å². The quantitative estimate of drug-likeness (QED) is 0.807. The summed E-state index contributed by atoms with van der Waals surface area (Å²) in [6, 6.07) is 16.0. The zero-order valence-electron chi connectivity index (χ0n) is 10.3. The Balaban J connectivity index is 1.93. The predicted molar refractivity (Wildman–Crippen MR) is 71.3 cm³/mol. The maximum atomic E-state index is 11.6. The van der Waals surface area contributed by atoms with Crippen molar-refractivity contribution in [3.05, 3.63) is 71.8 Å². The number of hydrogen-bond donors (Lipinski definition) is 0. The van der Waals surface area contributed by atoms with Crippen LogP contribution in [-0.2, 0) is 13.6 Å². The Kier molecular flexibility index (Phi) is 4.58. The van der Waals surface area contributed by atoms with Gasteiger partial charge in [0, 0.05) is 4.57 Å². The Morgan fingerprint density at radius 1 is 0.700 bits per heavy atom. The fraction of sp³-hybridized carbons (Fsp3) is 0. The standard InChI is InChI=1S/C14H10O5P/c15-13(11-7-3-1-4-8-11)18-20(17)19-14(16)12-9-5-2-6-10-12/h1-10H/q+1. The van der Waals surface area contributed by atoms with Gasteiger partial charge in [0.15, 0.2) is 0 Å². The van der Waals surface area contributed by atoms with Crippen LogP contribution in [0.3, 0.4) is 0 Å². The Labute approximate surface area is 116 Å². The van der Waals surface area contributed by atoms with Crippen LogP contribution in [0, 0.1) is 0 Å². The highest BCUT2D eigenvalue weighted by molar-refractivity contribution is 7.34. The van der Waals surface area contributed by atoms with Gasteiger partial charge in [0.1, 0.15) is 0 Å². The average Bonchev–Trinajstić information content (AvgIpc) is 2.49. The van der Waals surface area contributed by atoms with Gasteiger partial charge in [-0.05, 0) is 24.3 Å². The van der Waals surface area contributed by atoms with Crippen LogP contribution in [0.1, 0.15) is 20.7 Å². The molecule has 0 aliphatic rings. The van der Waals surface area contributed by atoms with E-state index in [0.29, 0.717) is 0 Å². The molecule has 0 heterocycles. The maximum absolute atomic E-state index is 11.6. The van der Waals surface area contributed by atoms with Crippen molar-refractivity contribution in [2.45, 2.75) is 0 Å². The Morgan fingerprint density at radius 3 is 1.40 bits per heavy atom. The van der Waals surface area contributed by atoms with Crippen molar-refractivity contribution < 1.29 is 23.2 Å². The van der Waals surface area contributed by atoms with E-state index in [9.17, 15) is 14.2 Å². The lowest BCUT2D eigenvalue weighted by atomic mass is 10.2. The molecule has 100 valence electrons. The van der Waals surface area contributed by atoms with Crippen LogP contribution < -0.4 is 0 Å². The molecule has 6 heteroatoms. The molecule has 0 spiro atoms. The molecule has 0 unspecified atom stereocenters. The van der Waals surface area contributed by atoms with Crippen LogP contribution in [0.15, 0.2) is 60.7 Å². The van der Waals surface area contributed by atoms with E-state index in [-0.39, 0.29) is 11.1 Å². The molecule has 5 nitrogen and oxygen atoms in total. The monoisotopic (exact) mass is 289 g/mol. The van der Waals surface area contributed by atoms with Gasteiger partial charge < -0.3 is 0 Å². The number of hydrogen-bond acceptors (Lipinski definition) is 5. The van der Waals surface area contributed by atoms with E-state index in [1.54, 1.807) is 36.4 Å². The van der Waals surface area contributed by atoms with Gasteiger partial charge in [0.25, 0.3) is 0 Å². The van der Waals surface area contributed by atoms with E-state index in [2.05, 4.69) is 9.05 Å². The summed E-state index contributed by atoms with van der Waals surface area (Å²) in [5.74, 6) is -1.62. The molecule has 0 radical (unpaired) electrons. The second kappa shape index (κ2) is 6.59. The minimum atomic E-state index is -2.86.